The van der Waals surface area contributed by atoms with Gasteiger partial charge in [0.25, 0.3) is 0 Å². The Morgan fingerprint density at radius 1 is 1.62 bits per heavy atom. The molecule has 1 saturated heterocycles. The normalized spacial score (nSPS) is 27.2. The lowest BCUT2D eigenvalue weighted by atomic mass is 10.1. The quantitative estimate of drug-likeness (QED) is 0.699. The second-order valence-electron chi connectivity index (χ2n) is 3.98. The minimum Gasteiger partial charge on any atom is -0.336 e. The molecule has 0 radical (unpaired) electrons. The van der Waals surface area contributed by atoms with E-state index in [2.05, 4.69) is 6.92 Å². The van der Waals surface area contributed by atoms with Gasteiger partial charge >= 0.3 is 0 Å². The number of rotatable bonds is 2. The topological polar surface area (TPSA) is 46.3 Å². The molecule has 1 fully saturated rings. The number of carbonyl (C=O) groups excluding carboxylic acids is 1. The van der Waals surface area contributed by atoms with E-state index in [1.807, 2.05) is 11.8 Å². The van der Waals surface area contributed by atoms with Crippen molar-refractivity contribution >= 4 is 5.91 Å². The summed E-state index contributed by atoms with van der Waals surface area (Å²) in [6.07, 6.45) is 4.03. The van der Waals surface area contributed by atoms with Gasteiger partial charge in [-0.2, -0.15) is 0 Å². The largest absolute Gasteiger partial charge is 0.336 e. The van der Waals surface area contributed by atoms with Crippen molar-refractivity contribution in [3.05, 3.63) is 0 Å². The lowest BCUT2D eigenvalue weighted by Crippen LogP contribution is -2.46. The summed E-state index contributed by atoms with van der Waals surface area (Å²) in [6, 6.07) is 0.564. The van der Waals surface area contributed by atoms with Gasteiger partial charge in [0.15, 0.2) is 0 Å². The van der Waals surface area contributed by atoms with E-state index >= 15 is 0 Å². The third-order valence-corrected chi connectivity index (χ3v) is 2.84. The van der Waals surface area contributed by atoms with Crippen LogP contribution in [0.3, 0.4) is 0 Å². The molecule has 1 aliphatic heterocycles. The van der Waals surface area contributed by atoms with Crippen molar-refractivity contribution in [1.82, 2.24) is 4.90 Å². The summed E-state index contributed by atoms with van der Waals surface area (Å²) < 4.78 is 0. The van der Waals surface area contributed by atoms with Gasteiger partial charge in [-0.05, 0) is 26.7 Å². The Bertz CT molecular complexity index is 182. The number of likely N-dealkylation sites (tertiary alicyclic amines) is 1. The molecule has 1 amide bonds. The van der Waals surface area contributed by atoms with E-state index in [0.29, 0.717) is 19.0 Å². The van der Waals surface area contributed by atoms with Gasteiger partial charge in [-0.15, -0.1) is 0 Å². The first-order chi connectivity index (χ1) is 6.16. The number of carbonyl (C=O) groups is 1. The van der Waals surface area contributed by atoms with E-state index in [4.69, 9.17) is 5.73 Å². The predicted octanol–water partition coefficient (Wildman–Crippen LogP) is 1.12. The summed E-state index contributed by atoms with van der Waals surface area (Å²) >= 11 is 0. The van der Waals surface area contributed by atoms with Gasteiger partial charge in [-0.25, -0.2) is 0 Å². The summed E-state index contributed by atoms with van der Waals surface area (Å²) in [4.78, 5) is 13.7. The van der Waals surface area contributed by atoms with Crippen molar-refractivity contribution < 1.29 is 4.79 Å². The van der Waals surface area contributed by atoms with Crippen molar-refractivity contribution in [2.75, 3.05) is 6.54 Å². The third kappa shape index (κ3) is 2.44. The van der Waals surface area contributed by atoms with E-state index in [0.717, 1.165) is 12.8 Å². The zero-order valence-electron chi connectivity index (χ0n) is 8.62. The predicted molar refractivity (Wildman–Crippen MR) is 53.3 cm³/mol. The first kappa shape index (κ1) is 10.5. The Balaban J connectivity index is 2.68. The van der Waals surface area contributed by atoms with Crippen LogP contribution in [0.25, 0.3) is 0 Å². The second-order valence-corrected chi connectivity index (χ2v) is 3.98. The standard InChI is InChI=1S/C10H20N2O/c1-8-5-3-4-6-10(13)12(8)9(2)7-11/h8-9H,3-7,11H2,1-2H3. The van der Waals surface area contributed by atoms with Crippen LogP contribution in [-0.4, -0.2) is 29.4 Å². The molecule has 0 spiro atoms. The summed E-state index contributed by atoms with van der Waals surface area (Å²) in [5, 5.41) is 0. The molecule has 13 heavy (non-hydrogen) atoms. The van der Waals surface area contributed by atoms with Crippen molar-refractivity contribution in [2.45, 2.75) is 51.6 Å². The third-order valence-electron chi connectivity index (χ3n) is 2.84. The second kappa shape index (κ2) is 4.61. The Morgan fingerprint density at radius 2 is 2.31 bits per heavy atom. The lowest BCUT2D eigenvalue weighted by Gasteiger charge is -2.32. The summed E-state index contributed by atoms with van der Waals surface area (Å²) in [5.74, 6) is 0.281. The summed E-state index contributed by atoms with van der Waals surface area (Å²) in [6.45, 7) is 4.71. The fraction of sp³-hybridized carbons (Fsp3) is 0.900. The van der Waals surface area contributed by atoms with Crippen LogP contribution in [0.4, 0.5) is 0 Å². The number of amides is 1. The van der Waals surface area contributed by atoms with Crippen LogP contribution in [0.2, 0.25) is 0 Å². The SMILES string of the molecule is CC(CN)N1C(=O)CCCCC1C. The monoisotopic (exact) mass is 184 g/mol. The molecule has 0 aromatic carbocycles. The van der Waals surface area contributed by atoms with Crippen LogP contribution in [-0.2, 0) is 4.79 Å². The van der Waals surface area contributed by atoms with Crippen LogP contribution in [0, 0.1) is 0 Å². The van der Waals surface area contributed by atoms with Gasteiger partial charge in [-0.3, -0.25) is 4.79 Å². The van der Waals surface area contributed by atoms with Gasteiger partial charge in [0, 0.05) is 25.0 Å². The smallest absolute Gasteiger partial charge is 0.223 e. The maximum absolute atomic E-state index is 11.7. The summed E-state index contributed by atoms with van der Waals surface area (Å²) in [7, 11) is 0. The first-order valence-electron chi connectivity index (χ1n) is 5.18. The fourth-order valence-electron chi connectivity index (χ4n) is 2.02. The molecular weight excluding hydrogens is 164 g/mol. The molecule has 1 rings (SSSR count). The average Bonchev–Trinajstić information content (AvgIpc) is 2.27. The van der Waals surface area contributed by atoms with Crippen LogP contribution >= 0.6 is 0 Å². The van der Waals surface area contributed by atoms with Crippen molar-refractivity contribution in [2.24, 2.45) is 5.73 Å². The maximum Gasteiger partial charge on any atom is 0.223 e. The van der Waals surface area contributed by atoms with Crippen LogP contribution < -0.4 is 5.73 Å². The number of nitrogens with zero attached hydrogens (tertiary/aromatic N) is 1. The highest BCUT2D eigenvalue weighted by Gasteiger charge is 2.26. The van der Waals surface area contributed by atoms with Gasteiger partial charge in [0.2, 0.25) is 5.91 Å². The number of hydrogen-bond acceptors (Lipinski definition) is 2. The van der Waals surface area contributed by atoms with Crippen molar-refractivity contribution in [3.63, 3.8) is 0 Å². The Morgan fingerprint density at radius 3 is 2.92 bits per heavy atom. The average molecular weight is 184 g/mol. The van der Waals surface area contributed by atoms with Crippen molar-refractivity contribution in [1.29, 1.82) is 0 Å². The molecule has 1 heterocycles. The van der Waals surface area contributed by atoms with Crippen LogP contribution in [0.1, 0.15) is 39.5 Å². The van der Waals surface area contributed by atoms with Gasteiger partial charge in [0.1, 0.15) is 0 Å². The fourth-order valence-corrected chi connectivity index (χ4v) is 2.02. The minimum absolute atomic E-state index is 0.195. The van der Waals surface area contributed by atoms with Crippen LogP contribution in [0.5, 0.6) is 0 Å². The zero-order chi connectivity index (χ0) is 9.84. The molecule has 0 bridgehead atoms. The molecule has 76 valence electrons. The Hall–Kier alpha value is -0.570. The van der Waals surface area contributed by atoms with Gasteiger partial charge in [-0.1, -0.05) is 6.42 Å². The number of nitrogens with two attached hydrogens (primary N) is 1. The molecule has 3 nitrogen and oxygen atoms in total. The van der Waals surface area contributed by atoms with Gasteiger partial charge in [0.05, 0.1) is 0 Å². The maximum atomic E-state index is 11.7. The zero-order valence-corrected chi connectivity index (χ0v) is 8.62. The molecule has 2 N–H and O–H groups in total. The van der Waals surface area contributed by atoms with E-state index < -0.39 is 0 Å². The summed E-state index contributed by atoms with van der Waals surface area (Å²) in [5.41, 5.74) is 5.58. The van der Waals surface area contributed by atoms with E-state index in [9.17, 15) is 4.79 Å². The highest BCUT2D eigenvalue weighted by molar-refractivity contribution is 5.77. The molecule has 1 aliphatic rings. The van der Waals surface area contributed by atoms with E-state index in [1.54, 1.807) is 0 Å². The molecule has 2 atom stereocenters. The number of hydrogen-bond donors (Lipinski definition) is 1. The molecule has 0 aliphatic carbocycles. The molecule has 3 heteroatoms. The Labute approximate surface area is 80.3 Å². The Kier molecular flexibility index (Phi) is 3.72. The molecule has 0 saturated carbocycles. The highest BCUT2D eigenvalue weighted by atomic mass is 16.2. The van der Waals surface area contributed by atoms with Crippen LogP contribution in [0.15, 0.2) is 0 Å². The lowest BCUT2D eigenvalue weighted by molar-refractivity contribution is -0.134. The molecule has 0 aromatic heterocycles. The first-order valence-corrected chi connectivity index (χ1v) is 5.18. The molecule has 2 unspecified atom stereocenters. The van der Waals surface area contributed by atoms with Gasteiger partial charge < -0.3 is 10.6 Å². The van der Waals surface area contributed by atoms with Crippen molar-refractivity contribution in [3.8, 4) is 0 Å². The van der Waals surface area contributed by atoms with E-state index in [1.165, 1.54) is 6.42 Å². The molecular formula is C10H20N2O. The highest BCUT2D eigenvalue weighted by Crippen LogP contribution is 2.19. The molecule has 0 aromatic rings. The minimum atomic E-state index is 0.195. The van der Waals surface area contributed by atoms with E-state index in [-0.39, 0.29) is 11.9 Å².